The van der Waals surface area contributed by atoms with Crippen LogP contribution in [0.4, 0.5) is 32.1 Å². The van der Waals surface area contributed by atoms with Gasteiger partial charge in [0, 0.05) is 17.8 Å². The van der Waals surface area contributed by atoms with Gasteiger partial charge in [-0.15, -0.1) is 5.10 Å². The van der Waals surface area contributed by atoms with Crippen LogP contribution < -0.4 is 16.4 Å². The van der Waals surface area contributed by atoms with Gasteiger partial charge < -0.3 is 21.5 Å². The molecule has 3 aromatic rings. The van der Waals surface area contributed by atoms with Gasteiger partial charge in [-0.25, -0.2) is 23.8 Å². The first-order valence-corrected chi connectivity index (χ1v) is 11.2. The number of rotatable bonds is 8. The van der Waals surface area contributed by atoms with Gasteiger partial charge in [-0.1, -0.05) is 0 Å². The second-order valence-corrected chi connectivity index (χ2v) is 9.14. The number of alkyl halides is 2. The molecule has 1 saturated carbocycles. The number of aromatic nitrogens is 4. The number of nitrogen functional groups attached to an aromatic ring is 1. The van der Waals surface area contributed by atoms with Gasteiger partial charge in [0.2, 0.25) is 5.95 Å². The second kappa shape index (κ2) is 9.45. The highest BCUT2D eigenvalue weighted by atomic mass is 19.3. The van der Waals surface area contributed by atoms with Crippen LogP contribution in [-0.4, -0.2) is 49.3 Å². The number of anilines is 3. The molecule has 0 atom stereocenters. The van der Waals surface area contributed by atoms with Gasteiger partial charge in [0.25, 0.3) is 6.43 Å². The van der Waals surface area contributed by atoms with Crippen molar-refractivity contribution in [1.29, 1.82) is 5.53 Å². The molecule has 0 radical (unpaired) electrons. The zero-order chi connectivity index (χ0) is 24.5. The number of halogens is 2. The molecule has 1 fully saturated rings. The summed E-state index contributed by atoms with van der Waals surface area (Å²) in [5, 5.41) is 24.0. The summed E-state index contributed by atoms with van der Waals surface area (Å²) in [5.74, 6) is 1.02. The van der Waals surface area contributed by atoms with Crippen LogP contribution in [0.5, 0.6) is 0 Å². The molecule has 10 nitrogen and oxygen atoms in total. The van der Waals surface area contributed by atoms with Crippen molar-refractivity contribution in [3.05, 3.63) is 24.4 Å². The molecule has 0 aliphatic heterocycles. The van der Waals surface area contributed by atoms with Gasteiger partial charge in [0.15, 0.2) is 11.6 Å². The number of hydrogen-bond acceptors (Lipinski definition) is 9. The zero-order valence-electron chi connectivity index (χ0n) is 19.1. The van der Waals surface area contributed by atoms with E-state index in [0.717, 1.165) is 25.7 Å². The molecule has 12 heteroatoms. The number of pyridine rings is 1. The van der Waals surface area contributed by atoms with Gasteiger partial charge in [-0.2, -0.15) is 10.1 Å². The lowest BCUT2D eigenvalue weighted by Crippen LogP contribution is -2.37. The van der Waals surface area contributed by atoms with E-state index in [0.29, 0.717) is 22.7 Å². The highest BCUT2D eigenvalue weighted by Gasteiger charge is 2.31. The maximum Gasteiger partial charge on any atom is 0.255 e. The molecule has 6 N–H and O–H groups in total. The Labute approximate surface area is 195 Å². The van der Waals surface area contributed by atoms with Gasteiger partial charge in [-0.3, -0.25) is 0 Å². The van der Waals surface area contributed by atoms with Gasteiger partial charge in [0.1, 0.15) is 11.2 Å². The van der Waals surface area contributed by atoms with Gasteiger partial charge in [-0.05, 0) is 63.6 Å². The Kier molecular flexibility index (Phi) is 6.60. The third-order valence-corrected chi connectivity index (χ3v) is 6.29. The molecule has 0 bridgehead atoms. The van der Waals surface area contributed by atoms with Crippen LogP contribution in [0.3, 0.4) is 0 Å². The Bertz CT molecular complexity index is 1170. The SMILES string of the molecule is CC(C)(O)C1CCC(Nc2nc(N)c3c(-c4ccc(N=N)c(NCC(F)F)n4)ccn3n2)CC1. The van der Waals surface area contributed by atoms with E-state index in [-0.39, 0.29) is 29.3 Å². The number of nitrogens with one attached hydrogen (secondary N) is 3. The quantitative estimate of drug-likeness (QED) is 0.303. The van der Waals surface area contributed by atoms with Crippen molar-refractivity contribution < 1.29 is 13.9 Å². The summed E-state index contributed by atoms with van der Waals surface area (Å²) < 4.78 is 26.9. The highest BCUT2D eigenvalue weighted by molar-refractivity contribution is 5.87. The monoisotopic (exact) mass is 473 g/mol. The van der Waals surface area contributed by atoms with Crippen LogP contribution in [0.2, 0.25) is 0 Å². The van der Waals surface area contributed by atoms with Crippen molar-refractivity contribution in [2.75, 3.05) is 22.9 Å². The normalized spacial score (nSPS) is 18.9. The molecule has 4 rings (SSSR count). The molecule has 3 aromatic heterocycles. The van der Waals surface area contributed by atoms with Crippen LogP contribution in [0.15, 0.2) is 29.5 Å². The lowest BCUT2D eigenvalue weighted by molar-refractivity contribution is -0.000419. The van der Waals surface area contributed by atoms with E-state index < -0.39 is 18.6 Å². The van der Waals surface area contributed by atoms with Crippen molar-refractivity contribution in [3.63, 3.8) is 0 Å². The molecule has 0 aromatic carbocycles. The predicted octanol–water partition coefficient (Wildman–Crippen LogP) is 4.45. The number of fused-ring (bicyclic) bond motifs is 1. The molecule has 182 valence electrons. The molecule has 0 unspecified atom stereocenters. The van der Waals surface area contributed by atoms with E-state index in [1.54, 1.807) is 22.8 Å². The number of aliphatic hydroxyl groups is 1. The summed E-state index contributed by atoms with van der Waals surface area (Å²) in [4.78, 5) is 8.80. The first kappa shape index (κ1) is 23.7. The van der Waals surface area contributed by atoms with Crippen LogP contribution in [-0.2, 0) is 0 Å². The van der Waals surface area contributed by atoms with Crippen LogP contribution >= 0.6 is 0 Å². The molecule has 0 spiro atoms. The van der Waals surface area contributed by atoms with E-state index in [4.69, 9.17) is 11.3 Å². The third-order valence-electron chi connectivity index (χ3n) is 6.29. The fraction of sp³-hybridized carbons (Fsp3) is 0.500. The molecule has 3 heterocycles. The van der Waals surface area contributed by atoms with E-state index in [9.17, 15) is 13.9 Å². The van der Waals surface area contributed by atoms with Crippen molar-refractivity contribution in [2.45, 2.75) is 57.6 Å². The predicted molar refractivity (Wildman–Crippen MR) is 126 cm³/mol. The fourth-order valence-electron chi connectivity index (χ4n) is 4.44. The van der Waals surface area contributed by atoms with E-state index in [1.165, 1.54) is 6.07 Å². The maximum absolute atomic E-state index is 12.6. The van der Waals surface area contributed by atoms with Crippen LogP contribution in [0.1, 0.15) is 39.5 Å². The summed E-state index contributed by atoms with van der Waals surface area (Å²) in [6, 6.07) is 5.14. The Balaban J connectivity index is 1.56. The minimum Gasteiger partial charge on any atom is -0.390 e. The molecule has 0 amide bonds. The van der Waals surface area contributed by atoms with Crippen LogP contribution in [0, 0.1) is 11.4 Å². The summed E-state index contributed by atoms with van der Waals surface area (Å²) in [5.41, 5.74) is 14.6. The van der Waals surface area contributed by atoms with Crippen molar-refractivity contribution >= 4 is 28.8 Å². The minimum absolute atomic E-state index is 0.0894. The number of nitrogens with zero attached hydrogens (tertiary/aromatic N) is 5. The maximum atomic E-state index is 12.6. The number of hydrogen-bond donors (Lipinski definition) is 5. The zero-order valence-corrected chi connectivity index (χ0v) is 19.1. The second-order valence-electron chi connectivity index (χ2n) is 9.14. The van der Waals surface area contributed by atoms with E-state index >= 15 is 0 Å². The summed E-state index contributed by atoms with van der Waals surface area (Å²) in [6.07, 6.45) is 2.80. The highest BCUT2D eigenvalue weighted by Crippen LogP contribution is 2.34. The lowest BCUT2D eigenvalue weighted by atomic mass is 9.77. The molecular weight excluding hydrogens is 444 g/mol. The molecule has 34 heavy (non-hydrogen) atoms. The van der Waals surface area contributed by atoms with Gasteiger partial charge in [0.05, 0.1) is 17.8 Å². The van der Waals surface area contributed by atoms with Crippen LogP contribution in [0.25, 0.3) is 16.8 Å². The largest absolute Gasteiger partial charge is 0.390 e. The molecule has 1 aliphatic carbocycles. The summed E-state index contributed by atoms with van der Waals surface area (Å²) >= 11 is 0. The van der Waals surface area contributed by atoms with Crippen molar-refractivity contribution in [2.24, 2.45) is 11.0 Å². The average molecular weight is 474 g/mol. The molecule has 0 saturated heterocycles. The minimum atomic E-state index is -2.57. The van der Waals surface area contributed by atoms with E-state index in [2.05, 4.69) is 30.8 Å². The van der Waals surface area contributed by atoms with Crippen molar-refractivity contribution in [3.8, 4) is 11.3 Å². The Morgan fingerprint density at radius 3 is 2.62 bits per heavy atom. The molecule has 1 aliphatic rings. The first-order chi connectivity index (χ1) is 16.2. The van der Waals surface area contributed by atoms with Crippen molar-refractivity contribution in [1.82, 2.24) is 19.6 Å². The van der Waals surface area contributed by atoms with Gasteiger partial charge >= 0.3 is 0 Å². The standard InChI is InChI=1S/C22H29F2N9O/c1-22(2,34)12-3-5-13(6-4-12)28-21-30-19(25)18-14(9-10-33(18)32-21)15-7-8-16(31-26)20(29-15)27-11-17(23)24/h7-10,12-13,17,26,34H,3-6,11H2,1-2H3,(H,27,29)(H3,25,28,30,32). The lowest BCUT2D eigenvalue weighted by Gasteiger charge is -2.36. The number of nitrogens with two attached hydrogens (primary N) is 1. The molecular formula is C22H29F2N9O. The summed E-state index contributed by atoms with van der Waals surface area (Å²) in [6.45, 7) is 3.11. The first-order valence-electron chi connectivity index (χ1n) is 11.2. The average Bonchev–Trinajstić information content (AvgIpc) is 3.22. The third kappa shape index (κ3) is 5.06. The summed E-state index contributed by atoms with van der Waals surface area (Å²) in [7, 11) is 0. The fourth-order valence-corrected chi connectivity index (χ4v) is 4.44. The topological polar surface area (TPSA) is 150 Å². The Morgan fingerprint density at radius 2 is 1.97 bits per heavy atom. The smallest absolute Gasteiger partial charge is 0.255 e. The van der Waals surface area contributed by atoms with E-state index in [1.807, 2.05) is 13.8 Å². The Hall–Kier alpha value is -3.41. The Morgan fingerprint density at radius 1 is 1.24 bits per heavy atom.